The lowest BCUT2D eigenvalue weighted by Crippen LogP contribution is -2.25. The van der Waals surface area contributed by atoms with Crippen LogP contribution in [-0.2, 0) is 12.4 Å². The molecule has 0 bridgehead atoms. The van der Waals surface area contributed by atoms with Gasteiger partial charge in [-0.3, -0.25) is 14.3 Å². The monoisotopic (exact) mass is 285 g/mol. The zero-order valence-corrected chi connectivity index (χ0v) is 11.4. The molecule has 3 aromatic rings. The number of para-hydroxylation sites is 1. The standard InChI is InChI=1S/C15H12ClN3O/c16-9-14-18-13-7-2-1-6-12(13)15(20)19(14)10-11-5-3-4-8-17-11/h1-8H,9-10H2. The van der Waals surface area contributed by atoms with Gasteiger partial charge in [-0.25, -0.2) is 4.98 Å². The predicted molar refractivity (Wildman–Crippen MR) is 78.9 cm³/mol. The molecule has 0 amide bonds. The summed E-state index contributed by atoms with van der Waals surface area (Å²) >= 11 is 5.93. The van der Waals surface area contributed by atoms with Crippen LogP contribution in [0, 0.1) is 0 Å². The molecule has 0 fully saturated rings. The maximum Gasteiger partial charge on any atom is 0.261 e. The molecule has 2 heterocycles. The van der Waals surface area contributed by atoms with Gasteiger partial charge in [0.05, 0.1) is 29.0 Å². The van der Waals surface area contributed by atoms with E-state index >= 15 is 0 Å². The Hall–Kier alpha value is -2.20. The summed E-state index contributed by atoms with van der Waals surface area (Å²) in [6.45, 7) is 0.375. The van der Waals surface area contributed by atoms with Gasteiger partial charge < -0.3 is 0 Å². The molecule has 1 aromatic carbocycles. The summed E-state index contributed by atoms with van der Waals surface area (Å²) in [6, 6.07) is 12.9. The quantitative estimate of drug-likeness (QED) is 0.695. The molecule has 0 radical (unpaired) electrons. The lowest BCUT2D eigenvalue weighted by Gasteiger charge is -2.11. The van der Waals surface area contributed by atoms with E-state index < -0.39 is 0 Å². The second-order valence-electron chi connectivity index (χ2n) is 4.39. The summed E-state index contributed by atoms with van der Waals surface area (Å²) in [5.41, 5.74) is 1.39. The van der Waals surface area contributed by atoms with Gasteiger partial charge in [-0.15, -0.1) is 11.6 Å². The van der Waals surface area contributed by atoms with E-state index in [1.54, 1.807) is 16.8 Å². The van der Waals surface area contributed by atoms with Crippen LogP contribution >= 0.6 is 11.6 Å². The molecule has 0 saturated carbocycles. The van der Waals surface area contributed by atoms with Crippen LogP contribution in [-0.4, -0.2) is 14.5 Å². The number of alkyl halides is 1. The van der Waals surface area contributed by atoms with Crippen LogP contribution < -0.4 is 5.56 Å². The molecule has 0 unspecified atom stereocenters. The molecule has 0 aliphatic heterocycles. The Morgan fingerprint density at radius 3 is 2.65 bits per heavy atom. The van der Waals surface area contributed by atoms with Crippen molar-refractivity contribution in [3.05, 3.63) is 70.5 Å². The van der Waals surface area contributed by atoms with Gasteiger partial charge >= 0.3 is 0 Å². The Bertz CT molecular complexity index is 799. The summed E-state index contributed by atoms with van der Waals surface area (Å²) in [6.07, 6.45) is 1.70. The fourth-order valence-corrected chi connectivity index (χ4v) is 2.34. The average molecular weight is 286 g/mol. The highest BCUT2D eigenvalue weighted by molar-refractivity contribution is 6.16. The molecule has 100 valence electrons. The first-order valence-corrected chi connectivity index (χ1v) is 6.77. The third kappa shape index (κ3) is 2.30. The van der Waals surface area contributed by atoms with Crippen LogP contribution in [0.3, 0.4) is 0 Å². The summed E-state index contributed by atoms with van der Waals surface area (Å²) in [5.74, 6) is 0.744. The van der Waals surface area contributed by atoms with Gasteiger partial charge in [0.2, 0.25) is 0 Å². The number of halogens is 1. The van der Waals surface area contributed by atoms with Crippen LogP contribution in [0.1, 0.15) is 11.5 Å². The van der Waals surface area contributed by atoms with Crippen LogP contribution in [0.25, 0.3) is 10.9 Å². The minimum absolute atomic E-state index is 0.0862. The molecule has 3 rings (SSSR count). The normalized spacial score (nSPS) is 10.8. The highest BCUT2D eigenvalue weighted by Gasteiger charge is 2.10. The molecule has 0 aliphatic carbocycles. The zero-order valence-electron chi connectivity index (χ0n) is 10.7. The van der Waals surface area contributed by atoms with Crippen LogP contribution in [0.4, 0.5) is 0 Å². The van der Waals surface area contributed by atoms with Crippen molar-refractivity contribution in [1.29, 1.82) is 0 Å². The minimum atomic E-state index is -0.0862. The number of fused-ring (bicyclic) bond motifs is 1. The highest BCUT2D eigenvalue weighted by atomic mass is 35.5. The Kier molecular flexibility index (Phi) is 3.48. The first-order valence-electron chi connectivity index (χ1n) is 6.24. The van der Waals surface area contributed by atoms with Crippen molar-refractivity contribution in [3.8, 4) is 0 Å². The topological polar surface area (TPSA) is 47.8 Å². The van der Waals surface area contributed by atoms with Crippen LogP contribution in [0.5, 0.6) is 0 Å². The molecule has 5 heteroatoms. The molecule has 0 spiro atoms. The predicted octanol–water partition coefficient (Wildman–Crippen LogP) is 2.58. The Morgan fingerprint density at radius 1 is 1.10 bits per heavy atom. The van der Waals surface area contributed by atoms with Crippen molar-refractivity contribution >= 4 is 22.5 Å². The third-order valence-electron chi connectivity index (χ3n) is 3.11. The largest absolute Gasteiger partial charge is 0.289 e. The summed E-state index contributed by atoms with van der Waals surface area (Å²) in [7, 11) is 0. The van der Waals surface area contributed by atoms with Gasteiger partial charge in [0.15, 0.2) is 0 Å². The molecule has 0 aliphatic rings. The highest BCUT2D eigenvalue weighted by Crippen LogP contribution is 2.10. The molecule has 20 heavy (non-hydrogen) atoms. The van der Waals surface area contributed by atoms with Crippen molar-refractivity contribution < 1.29 is 0 Å². The molecule has 0 N–H and O–H groups in total. The molecule has 0 saturated heterocycles. The third-order valence-corrected chi connectivity index (χ3v) is 3.35. The SMILES string of the molecule is O=c1c2ccccc2nc(CCl)n1Cc1ccccn1. The number of benzene rings is 1. The van der Waals surface area contributed by atoms with Crippen molar-refractivity contribution in [2.75, 3.05) is 0 Å². The minimum Gasteiger partial charge on any atom is -0.289 e. The number of nitrogens with zero attached hydrogens (tertiary/aromatic N) is 3. The van der Waals surface area contributed by atoms with Crippen molar-refractivity contribution in [1.82, 2.24) is 14.5 Å². The van der Waals surface area contributed by atoms with E-state index in [1.165, 1.54) is 0 Å². The first kappa shape index (κ1) is 12.8. The Balaban J connectivity index is 2.18. The zero-order chi connectivity index (χ0) is 13.9. The van der Waals surface area contributed by atoms with Crippen LogP contribution in [0.15, 0.2) is 53.5 Å². The molecule has 4 nitrogen and oxygen atoms in total. The van der Waals surface area contributed by atoms with Gasteiger partial charge in [-0.05, 0) is 24.3 Å². The van der Waals surface area contributed by atoms with Crippen molar-refractivity contribution in [3.63, 3.8) is 0 Å². The van der Waals surface area contributed by atoms with Gasteiger partial charge in [0.25, 0.3) is 5.56 Å². The average Bonchev–Trinajstić information content (AvgIpc) is 2.51. The maximum absolute atomic E-state index is 12.5. The fourth-order valence-electron chi connectivity index (χ4n) is 2.13. The smallest absolute Gasteiger partial charge is 0.261 e. The number of rotatable bonds is 3. The number of pyridine rings is 1. The lowest BCUT2D eigenvalue weighted by atomic mass is 10.2. The molecular weight excluding hydrogens is 274 g/mol. The number of hydrogen-bond acceptors (Lipinski definition) is 3. The Labute approximate surface area is 120 Å². The van der Waals surface area contributed by atoms with E-state index in [-0.39, 0.29) is 11.4 Å². The van der Waals surface area contributed by atoms with Crippen LogP contribution in [0.2, 0.25) is 0 Å². The van der Waals surface area contributed by atoms with Gasteiger partial charge in [0.1, 0.15) is 5.82 Å². The summed E-state index contributed by atoms with van der Waals surface area (Å²) < 4.78 is 1.58. The second-order valence-corrected chi connectivity index (χ2v) is 4.66. The summed E-state index contributed by atoms with van der Waals surface area (Å²) in [4.78, 5) is 21.2. The van der Waals surface area contributed by atoms with E-state index in [0.717, 1.165) is 5.69 Å². The van der Waals surface area contributed by atoms with Gasteiger partial charge in [-0.1, -0.05) is 18.2 Å². The van der Waals surface area contributed by atoms with E-state index in [2.05, 4.69) is 9.97 Å². The van der Waals surface area contributed by atoms with E-state index in [4.69, 9.17) is 11.6 Å². The van der Waals surface area contributed by atoms with E-state index in [9.17, 15) is 4.79 Å². The maximum atomic E-state index is 12.5. The van der Waals surface area contributed by atoms with E-state index in [0.29, 0.717) is 23.3 Å². The Morgan fingerprint density at radius 2 is 1.90 bits per heavy atom. The first-order chi connectivity index (χ1) is 9.79. The van der Waals surface area contributed by atoms with E-state index in [1.807, 2.05) is 36.4 Å². The summed E-state index contributed by atoms with van der Waals surface area (Å²) in [5, 5.41) is 0.595. The molecule has 2 aromatic heterocycles. The molecule has 0 atom stereocenters. The lowest BCUT2D eigenvalue weighted by molar-refractivity contribution is 0.692. The van der Waals surface area contributed by atoms with Crippen molar-refractivity contribution in [2.24, 2.45) is 0 Å². The fraction of sp³-hybridized carbons (Fsp3) is 0.133. The van der Waals surface area contributed by atoms with Gasteiger partial charge in [0, 0.05) is 6.20 Å². The number of aromatic nitrogens is 3. The van der Waals surface area contributed by atoms with Gasteiger partial charge in [-0.2, -0.15) is 0 Å². The molecular formula is C15H12ClN3O. The second kappa shape index (κ2) is 5.43. The van der Waals surface area contributed by atoms with Crippen molar-refractivity contribution in [2.45, 2.75) is 12.4 Å². The number of hydrogen-bond donors (Lipinski definition) is 0.